The van der Waals surface area contributed by atoms with Gasteiger partial charge >= 0.3 is 0 Å². The molecule has 1 aromatic heterocycles. The van der Waals surface area contributed by atoms with E-state index in [9.17, 15) is 4.79 Å². The van der Waals surface area contributed by atoms with Crippen LogP contribution in [0.3, 0.4) is 0 Å². The first-order valence-electron chi connectivity index (χ1n) is 8.32. The molecule has 0 spiro atoms. The minimum absolute atomic E-state index is 0.169. The van der Waals surface area contributed by atoms with Crippen LogP contribution in [0.4, 0.5) is 11.4 Å². The molecule has 2 N–H and O–H groups in total. The zero-order chi connectivity index (χ0) is 16.4. The summed E-state index contributed by atoms with van der Waals surface area (Å²) in [6.45, 7) is 7.45. The van der Waals surface area contributed by atoms with Crippen molar-refractivity contribution >= 4 is 17.3 Å². The second kappa shape index (κ2) is 6.44. The number of benzene rings is 1. The number of carbonyl (C=O) groups is 1. The van der Waals surface area contributed by atoms with Crippen molar-refractivity contribution in [2.24, 2.45) is 0 Å². The van der Waals surface area contributed by atoms with Gasteiger partial charge in [-0.25, -0.2) is 0 Å². The number of nitrogens with one attached hydrogen (secondary N) is 2. The predicted molar refractivity (Wildman–Crippen MR) is 93.1 cm³/mol. The van der Waals surface area contributed by atoms with Gasteiger partial charge < -0.3 is 10.2 Å². The zero-order valence-corrected chi connectivity index (χ0v) is 14.0. The molecule has 0 atom stereocenters. The van der Waals surface area contributed by atoms with Gasteiger partial charge in [0.25, 0.3) is 5.91 Å². The summed E-state index contributed by atoms with van der Waals surface area (Å²) in [5.41, 5.74) is 3.47. The van der Waals surface area contributed by atoms with E-state index in [-0.39, 0.29) is 5.91 Å². The molecule has 0 radical (unpaired) electrons. The lowest BCUT2D eigenvalue weighted by molar-refractivity contribution is 0.102. The molecule has 122 valence electrons. The Morgan fingerprint density at radius 2 is 2.04 bits per heavy atom. The maximum Gasteiger partial charge on any atom is 0.276 e. The number of aromatic nitrogens is 2. The van der Waals surface area contributed by atoms with Gasteiger partial charge in [0, 0.05) is 35.6 Å². The maximum atomic E-state index is 12.2. The van der Waals surface area contributed by atoms with Gasteiger partial charge in [-0.3, -0.25) is 9.89 Å². The highest BCUT2D eigenvalue weighted by molar-refractivity contribution is 6.03. The average Bonchev–Trinajstić information content (AvgIpc) is 3.26. The van der Waals surface area contributed by atoms with Gasteiger partial charge in [-0.2, -0.15) is 5.10 Å². The number of H-pyrrole nitrogens is 1. The lowest BCUT2D eigenvalue weighted by Gasteiger charge is -2.27. The summed E-state index contributed by atoms with van der Waals surface area (Å²) in [6.07, 6.45) is 2.38. The first-order chi connectivity index (χ1) is 11.1. The highest BCUT2D eigenvalue weighted by atomic mass is 16.1. The molecule has 5 nitrogen and oxygen atoms in total. The molecular formula is C18H24N4O. The number of nitrogens with zero attached hydrogens (tertiary/aromatic N) is 2. The van der Waals surface area contributed by atoms with Crippen LogP contribution < -0.4 is 10.2 Å². The number of carbonyl (C=O) groups excluding carboxylic acids is 1. The molecule has 1 aliphatic carbocycles. The lowest BCUT2D eigenvalue weighted by Crippen LogP contribution is -2.30. The summed E-state index contributed by atoms with van der Waals surface area (Å²) < 4.78 is 0. The summed E-state index contributed by atoms with van der Waals surface area (Å²) in [6, 6.07) is 10.3. The second-order valence-electron chi connectivity index (χ2n) is 6.36. The maximum absolute atomic E-state index is 12.2. The minimum Gasteiger partial charge on any atom is -0.369 e. The Bertz CT molecular complexity index is 671. The molecule has 0 bridgehead atoms. The van der Waals surface area contributed by atoms with E-state index in [1.165, 1.54) is 12.8 Å². The van der Waals surface area contributed by atoms with Gasteiger partial charge in [0.15, 0.2) is 5.69 Å². The Morgan fingerprint density at radius 1 is 1.35 bits per heavy atom. The highest BCUT2D eigenvalue weighted by Crippen LogP contribution is 2.39. The number of amides is 1. The van der Waals surface area contributed by atoms with Crippen LogP contribution in [0.25, 0.3) is 0 Å². The molecular weight excluding hydrogens is 288 g/mol. The van der Waals surface area contributed by atoms with E-state index in [0.717, 1.165) is 23.6 Å². The van der Waals surface area contributed by atoms with Crippen LogP contribution in [0.5, 0.6) is 0 Å². The molecule has 1 heterocycles. The lowest BCUT2D eigenvalue weighted by atomic mass is 10.2. The normalized spacial score (nSPS) is 14.1. The first-order valence-corrected chi connectivity index (χ1v) is 8.32. The summed E-state index contributed by atoms with van der Waals surface area (Å²) in [5, 5.41) is 9.98. The third kappa shape index (κ3) is 3.55. The van der Waals surface area contributed by atoms with Crippen molar-refractivity contribution in [3.05, 3.63) is 41.7 Å². The van der Waals surface area contributed by atoms with E-state index < -0.39 is 0 Å². The SMILES string of the molecule is CCN(c1ccc(NC(=O)c2cc(C3CC3)[nH]n2)cc1)C(C)C. The molecule has 1 fully saturated rings. The van der Waals surface area contributed by atoms with Crippen molar-refractivity contribution < 1.29 is 4.79 Å². The average molecular weight is 312 g/mol. The molecule has 1 aromatic carbocycles. The second-order valence-corrected chi connectivity index (χ2v) is 6.36. The predicted octanol–water partition coefficient (Wildman–Crippen LogP) is 3.77. The van der Waals surface area contributed by atoms with E-state index >= 15 is 0 Å². The topological polar surface area (TPSA) is 61.0 Å². The molecule has 0 unspecified atom stereocenters. The molecule has 1 amide bonds. The van der Waals surface area contributed by atoms with Crippen LogP contribution in [0.1, 0.15) is 55.7 Å². The Balaban J connectivity index is 1.66. The molecule has 2 aromatic rings. The van der Waals surface area contributed by atoms with Crippen molar-refractivity contribution in [1.82, 2.24) is 10.2 Å². The van der Waals surface area contributed by atoms with Gasteiger partial charge in [0.1, 0.15) is 0 Å². The van der Waals surface area contributed by atoms with E-state index in [4.69, 9.17) is 0 Å². The largest absolute Gasteiger partial charge is 0.369 e. The molecule has 3 rings (SSSR count). The van der Waals surface area contributed by atoms with Crippen molar-refractivity contribution in [3.63, 3.8) is 0 Å². The van der Waals surface area contributed by atoms with Crippen LogP contribution in [-0.4, -0.2) is 28.7 Å². The summed E-state index contributed by atoms with van der Waals surface area (Å²) >= 11 is 0. The van der Waals surface area contributed by atoms with Gasteiger partial charge in [-0.05, 0) is 63.9 Å². The minimum atomic E-state index is -0.169. The Kier molecular flexibility index (Phi) is 4.37. The van der Waals surface area contributed by atoms with Gasteiger partial charge in [-0.15, -0.1) is 0 Å². The van der Waals surface area contributed by atoms with E-state index in [1.807, 2.05) is 30.3 Å². The fourth-order valence-electron chi connectivity index (χ4n) is 2.83. The molecule has 1 aliphatic rings. The number of hydrogen-bond acceptors (Lipinski definition) is 3. The van der Waals surface area contributed by atoms with Gasteiger partial charge in [0.2, 0.25) is 0 Å². The molecule has 0 aliphatic heterocycles. The van der Waals surface area contributed by atoms with Crippen molar-refractivity contribution in [2.75, 3.05) is 16.8 Å². The highest BCUT2D eigenvalue weighted by Gasteiger charge is 2.26. The van der Waals surface area contributed by atoms with Gasteiger partial charge in [0.05, 0.1) is 0 Å². The third-order valence-corrected chi connectivity index (χ3v) is 4.27. The van der Waals surface area contributed by atoms with E-state index in [2.05, 4.69) is 41.2 Å². The first kappa shape index (κ1) is 15.6. The zero-order valence-electron chi connectivity index (χ0n) is 14.0. The molecule has 5 heteroatoms. The number of hydrogen-bond donors (Lipinski definition) is 2. The Labute approximate surface area is 137 Å². The van der Waals surface area contributed by atoms with E-state index in [1.54, 1.807) is 0 Å². The fraction of sp³-hybridized carbons (Fsp3) is 0.444. The third-order valence-electron chi connectivity index (χ3n) is 4.27. The summed E-state index contributed by atoms with van der Waals surface area (Å²) in [7, 11) is 0. The Hall–Kier alpha value is -2.30. The van der Waals surface area contributed by atoms with Crippen molar-refractivity contribution in [2.45, 2.75) is 45.6 Å². The summed E-state index contributed by atoms with van der Waals surface area (Å²) in [4.78, 5) is 14.6. The van der Waals surface area contributed by atoms with Crippen molar-refractivity contribution in [1.29, 1.82) is 0 Å². The molecule has 23 heavy (non-hydrogen) atoms. The standard InChI is InChI=1S/C18H24N4O/c1-4-22(12(2)3)15-9-7-14(8-10-15)19-18(23)17-11-16(20-21-17)13-5-6-13/h7-13H,4-6H2,1-3H3,(H,19,23)(H,20,21). The quantitative estimate of drug-likeness (QED) is 0.853. The van der Waals surface area contributed by atoms with E-state index in [0.29, 0.717) is 17.7 Å². The molecule has 0 saturated heterocycles. The number of rotatable bonds is 6. The van der Waals surface area contributed by atoms with Gasteiger partial charge in [-0.1, -0.05) is 0 Å². The fourth-order valence-corrected chi connectivity index (χ4v) is 2.83. The number of aromatic amines is 1. The van der Waals surface area contributed by atoms with Crippen molar-refractivity contribution in [3.8, 4) is 0 Å². The van der Waals surface area contributed by atoms with Crippen LogP contribution in [-0.2, 0) is 0 Å². The molecule has 1 saturated carbocycles. The van der Waals surface area contributed by atoms with Crippen LogP contribution >= 0.6 is 0 Å². The number of anilines is 2. The van der Waals surface area contributed by atoms with Crippen LogP contribution in [0.2, 0.25) is 0 Å². The van der Waals surface area contributed by atoms with Crippen LogP contribution in [0.15, 0.2) is 30.3 Å². The van der Waals surface area contributed by atoms with Crippen LogP contribution in [0, 0.1) is 0 Å². The summed E-state index contributed by atoms with van der Waals surface area (Å²) in [5.74, 6) is 0.400. The Morgan fingerprint density at radius 3 is 2.61 bits per heavy atom. The monoisotopic (exact) mass is 312 g/mol. The smallest absolute Gasteiger partial charge is 0.276 e.